The Labute approximate surface area is 142 Å². The van der Waals surface area contributed by atoms with E-state index in [2.05, 4.69) is 69.0 Å². The molecule has 2 aromatic rings. The SMILES string of the molecule is CC(C)c1ccc2c(c1)C1=NSCN1c1ccc(C(C)C)cc1-2. The van der Waals surface area contributed by atoms with Gasteiger partial charge in [0.15, 0.2) is 0 Å². The van der Waals surface area contributed by atoms with Crippen LogP contribution < -0.4 is 4.90 Å². The molecule has 3 heteroatoms. The van der Waals surface area contributed by atoms with E-state index in [1.54, 1.807) is 11.9 Å². The van der Waals surface area contributed by atoms with Crippen molar-refractivity contribution in [2.24, 2.45) is 4.40 Å². The van der Waals surface area contributed by atoms with Crippen LogP contribution in [0.4, 0.5) is 5.69 Å². The van der Waals surface area contributed by atoms with Gasteiger partial charge in [-0.2, -0.15) is 4.40 Å². The molecule has 2 aromatic carbocycles. The molecule has 0 amide bonds. The summed E-state index contributed by atoms with van der Waals surface area (Å²) < 4.78 is 4.72. The van der Waals surface area contributed by atoms with Gasteiger partial charge in [-0.3, -0.25) is 0 Å². The van der Waals surface area contributed by atoms with Crippen LogP contribution in [0.5, 0.6) is 0 Å². The Kier molecular flexibility index (Phi) is 3.49. The minimum Gasteiger partial charge on any atom is -0.313 e. The molecule has 0 bridgehead atoms. The number of amidine groups is 1. The van der Waals surface area contributed by atoms with Crippen molar-refractivity contribution in [3.05, 3.63) is 53.1 Å². The van der Waals surface area contributed by atoms with E-state index < -0.39 is 0 Å². The van der Waals surface area contributed by atoms with Crippen molar-refractivity contribution in [2.75, 3.05) is 10.8 Å². The van der Waals surface area contributed by atoms with E-state index >= 15 is 0 Å². The molecule has 0 N–H and O–H groups in total. The first-order chi connectivity index (χ1) is 11.1. The molecule has 0 aliphatic carbocycles. The fraction of sp³-hybridized carbons (Fsp3) is 0.350. The van der Waals surface area contributed by atoms with Gasteiger partial charge >= 0.3 is 0 Å². The average Bonchev–Trinajstić information content (AvgIpc) is 3.03. The van der Waals surface area contributed by atoms with Crippen LogP contribution in [0.15, 0.2) is 40.8 Å². The van der Waals surface area contributed by atoms with Gasteiger partial charge in [0.1, 0.15) is 5.84 Å². The van der Waals surface area contributed by atoms with Crippen molar-refractivity contribution >= 4 is 23.5 Å². The van der Waals surface area contributed by atoms with Gasteiger partial charge in [0, 0.05) is 11.1 Å². The molecule has 0 fully saturated rings. The molecule has 2 heterocycles. The van der Waals surface area contributed by atoms with Crippen LogP contribution in [0, 0.1) is 0 Å². The van der Waals surface area contributed by atoms with Gasteiger partial charge in [0.25, 0.3) is 0 Å². The Morgan fingerprint density at radius 2 is 1.52 bits per heavy atom. The molecule has 0 saturated carbocycles. The third kappa shape index (κ3) is 2.29. The first-order valence-corrected chi connectivity index (χ1v) is 9.26. The van der Waals surface area contributed by atoms with E-state index in [4.69, 9.17) is 4.40 Å². The summed E-state index contributed by atoms with van der Waals surface area (Å²) in [4.78, 5) is 2.36. The minimum absolute atomic E-state index is 0.534. The van der Waals surface area contributed by atoms with E-state index in [1.165, 1.54) is 33.5 Å². The molecule has 0 aromatic heterocycles. The standard InChI is InChI=1S/C20H22N2S/c1-12(2)14-5-7-16-17-9-15(13(3)4)6-8-19(17)22-11-23-21-20(22)18(16)10-14/h5-10,12-13H,11H2,1-4H3. The predicted octanol–water partition coefficient (Wildman–Crippen LogP) is 5.79. The zero-order valence-corrected chi connectivity index (χ0v) is 14.9. The smallest absolute Gasteiger partial charge is 0.149 e. The summed E-state index contributed by atoms with van der Waals surface area (Å²) in [5, 5.41) is 0. The normalized spacial score (nSPS) is 15.6. The Balaban J connectivity index is 1.97. The monoisotopic (exact) mass is 322 g/mol. The summed E-state index contributed by atoms with van der Waals surface area (Å²) in [6, 6.07) is 13.8. The van der Waals surface area contributed by atoms with Crippen molar-refractivity contribution in [3.63, 3.8) is 0 Å². The van der Waals surface area contributed by atoms with Crippen LogP contribution in [0.3, 0.4) is 0 Å². The molecule has 4 rings (SSSR count). The number of nitrogens with zero attached hydrogens (tertiary/aromatic N) is 2. The van der Waals surface area contributed by atoms with Gasteiger partial charge in [-0.05, 0) is 58.7 Å². The number of rotatable bonds is 2. The molecule has 23 heavy (non-hydrogen) atoms. The summed E-state index contributed by atoms with van der Waals surface area (Å²) in [6.45, 7) is 9.01. The third-order valence-electron chi connectivity index (χ3n) is 4.81. The number of hydrogen-bond acceptors (Lipinski definition) is 3. The quantitative estimate of drug-likeness (QED) is 0.651. The van der Waals surface area contributed by atoms with E-state index in [1.807, 2.05) is 0 Å². The second kappa shape index (κ2) is 5.41. The van der Waals surface area contributed by atoms with Crippen molar-refractivity contribution in [3.8, 4) is 11.1 Å². The summed E-state index contributed by atoms with van der Waals surface area (Å²) in [5.74, 6) is 3.11. The Morgan fingerprint density at radius 3 is 2.22 bits per heavy atom. The van der Waals surface area contributed by atoms with Crippen LogP contribution >= 0.6 is 11.9 Å². The van der Waals surface area contributed by atoms with Gasteiger partial charge in [-0.1, -0.05) is 45.9 Å². The van der Waals surface area contributed by atoms with E-state index in [0.717, 1.165) is 11.7 Å². The zero-order valence-electron chi connectivity index (χ0n) is 14.1. The zero-order chi connectivity index (χ0) is 16.1. The highest BCUT2D eigenvalue weighted by atomic mass is 32.2. The number of hydrogen-bond donors (Lipinski definition) is 0. The van der Waals surface area contributed by atoms with Crippen molar-refractivity contribution < 1.29 is 0 Å². The maximum Gasteiger partial charge on any atom is 0.149 e. The van der Waals surface area contributed by atoms with E-state index in [0.29, 0.717) is 11.8 Å². The fourth-order valence-electron chi connectivity index (χ4n) is 3.34. The average molecular weight is 322 g/mol. The number of benzene rings is 2. The third-order valence-corrected chi connectivity index (χ3v) is 5.49. The predicted molar refractivity (Wildman–Crippen MR) is 102 cm³/mol. The topological polar surface area (TPSA) is 15.6 Å². The summed E-state index contributed by atoms with van der Waals surface area (Å²) in [7, 11) is 0. The number of fused-ring (bicyclic) bond motifs is 6. The largest absolute Gasteiger partial charge is 0.313 e. The maximum absolute atomic E-state index is 4.72. The lowest BCUT2D eigenvalue weighted by Crippen LogP contribution is -2.31. The Hall–Kier alpha value is -1.74. The highest BCUT2D eigenvalue weighted by Gasteiger charge is 2.31. The molecule has 0 unspecified atom stereocenters. The lowest BCUT2D eigenvalue weighted by atomic mass is 9.87. The van der Waals surface area contributed by atoms with Crippen LogP contribution in [0.25, 0.3) is 11.1 Å². The molecule has 0 saturated heterocycles. The van der Waals surface area contributed by atoms with Crippen LogP contribution in [0.1, 0.15) is 56.2 Å². The Morgan fingerprint density at radius 1 is 0.870 bits per heavy atom. The summed E-state index contributed by atoms with van der Waals surface area (Å²) in [6.07, 6.45) is 0. The van der Waals surface area contributed by atoms with Crippen LogP contribution in [0.2, 0.25) is 0 Å². The molecule has 2 nitrogen and oxygen atoms in total. The van der Waals surface area contributed by atoms with Crippen molar-refractivity contribution in [1.82, 2.24) is 0 Å². The van der Waals surface area contributed by atoms with Gasteiger partial charge in [-0.25, -0.2) is 0 Å². The second-order valence-electron chi connectivity index (χ2n) is 6.99. The van der Waals surface area contributed by atoms with Crippen LogP contribution in [-0.4, -0.2) is 11.7 Å². The molecular weight excluding hydrogens is 300 g/mol. The van der Waals surface area contributed by atoms with Crippen LogP contribution in [-0.2, 0) is 0 Å². The first kappa shape index (κ1) is 14.8. The van der Waals surface area contributed by atoms with Crippen molar-refractivity contribution in [2.45, 2.75) is 39.5 Å². The molecular formula is C20H22N2S. The lowest BCUT2D eigenvalue weighted by molar-refractivity contribution is 0.864. The van der Waals surface area contributed by atoms with E-state index in [9.17, 15) is 0 Å². The summed E-state index contributed by atoms with van der Waals surface area (Å²) >= 11 is 1.65. The van der Waals surface area contributed by atoms with E-state index in [-0.39, 0.29) is 0 Å². The molecule has 2 aliphatic heterocycles. The highest BCUT2D eigenvalue weighted by Crippen LogP contribution is 2.44. The molecule has 0 radical (unpaired) electrons. The van der Waals surface area contributed by atoms with Gasteiger partial charge in [0.2, 0.25) is 0 Å². The minimum atomic E-state index is 0.534. The maximum atomic E-state index is 4.72. The van der Waals surface area contributed by atoms with Gasteiger partial charge in [-0.15, -0.1) is 0 Å². The van der Waals surface area contributed by atoms with Crippen molar-refractivity contribution in [1.29, 1.82) is 0 Å². The second-order valence-corrected chi connectivity index (χ2v) is 7.69. The fourth-order valence-corrected chi connectivity index (χ4v) is 4.09. The van der Waals surface area contributed by atoms with Gasteiger partial charge in [0.05, 0.1) is 11.6 Å². The Bertz CT molecular complexity index is 805. The highest BCUT2D eigenvalue weighted by molar-refractivity contribution is 7.98. The van der Waals surface area contributed by atoms with Gasteiger partial charge < -0.3 is 4.90 Å². The lowest BCUT2D eigenvalue weighted by Gasteiger charge is -2.30. The molecule has 0 atom stereocenters. The molecule has 2 aliphatic rings. The molecule has 0 spiro atoms. The summed E-state index contributed by atoms with van der Waals surface area (Å²) in [5.41, 5.74) is 8.03. The number of anilines is 1. The molecule has 118 valence electrons. The first-order valence-electron chi connectivity index (χ1n) is 8.32.